The van der Waals surface area contributed by atoms with Gasteiger partial charge < -0.3 is 15.2 Å². The van der Waals surface area contributed by atoms with E-state index in [1.807, 2.05) is 25.1 Å². The first kappa shape index (κ1) is 12.0. The number of hydrogen-bond donors (Lipinski definition) is 1. The van der Waals surface area contributed by atoms with Crippen LogP contribution in [-0.2, 0) is 0 Å². The molecule has 1 aromatic heterocycles. The third kappa shape index (κ3) is 2.41. The molecule has 19 heavy (non-hydrogen) atoms. The molecule has 100 valence electrons. The number of nitrogens with zero attached hydrogens (tertiary/aromatic N) is 3. The molecule has 2 aromatic rings. The molecule has 1 aliphatic heterocycles. The van der Waals surface area contributed by atoms with Crippen molar-refractivity contribution in [1.29, 1.82) is 0 Å². The summed E-state index contributed by atoms with van der Waals surface area (Å²) in [5, 5.41) is 4.08. The van der Waals surface area contributed by atoms with Gasteiger partial charge in [-0.1, -0.05) is 0 Å². The molecule has 1 aliphatic rings. The van der Waals surface area contributed by atoms with Crippen LogP contribution in [0.1, 0.15) is 24.8 Å². The van der Waals surface area contributed by atoms with Crippen molar-refractivity contribution in [2.75, 3.05) is 23.7 Å². The summed E-state index contributed by atoms with van der Waals surface area (Å²) in [6.45, 7) is 4.00. The number of hydrogen-bond acceptors (Lipinski definition) is 5. The van der Waals surface area contributed by atoms with Crippen LogP contribution in [0.3, 0.4) is 0 Å². The van der Waals surface area contributed by atoms with Crippen molar-refractivity contribution in [3.8, 4) is 11.5 Å². The maximum Gasteiger partial charge on any atom is 0.266 e. The van der Waals surface area contributed by atoms with E-state index in [9.17, 15) is 0 Å². The Morgan fingerprint density at radius 2 is 2.00 bits per heavy atom. The van der Waals surface area contributed by atoms with Gasteiger partial charge >= 0.3 is 0 Å². The van der Waals surface area contributed by atoms with E-state index in [1.165, 1.54) is 19.3 Å². The summed E-state index contributed by atoms with van der Waals surface area (Å²) in [7, 11) is 0. The van der Waals surface area contributed by atoms with Gasteiger partial charge in [0.05, 0.1) is 0 Å². The lowest BCUT2D eigenvalue weighted by atomic mass is 10.1. The molecular formula is C14H18N4O. The van der Waals surface area contributed by atoms with Gasteiger partial charge in [0.25, 0.3) is 11.8 Å². The third-order valence-corrected chi connectivity index (χ3v) is 3.57. The highest BCUT2D eigenvalue weighted by Crippen LogP contribution is 2.24. The number of nitrogens with two attached hydrogens (primary N) is 1. The standard InChI is InChI=1S/C14H18N4O/c1-10-9-11(5-6-12(10)15)13-16-14(17-19-13)18-7-3-2-4-8-18/h5-6,9H,2-4,7-8,15H2,1H3. The van der Waals surface area contributed by atoms with E-state index >= 15 is 0 Å². The number of nitrogen functional groups attached to an aromatic ring is 1. The van der Waals surface area contributed by atoms with Crippen molar-refractivity contribution >= 4 is 11.6 Å². The minimum Gasteiger partial charge on any atom is -0.399 e. The van der Waals surface area contributed by atoms with Crippen molar-refractivity contribution in [2.45, 2.75) is 26.2 Å². The van der Waals surface area contributed by atoms with Crippen LogP contribution in [0, 0.1) is 6.92 Å². The second-order valence-electron chi connectivity index (χ2n) is 5.02. The van der Waals surface area contributed by atoms with E-state index in [2.05, 4.69) is 15.0 Å². The smallest absolute Gasteiger partial charge is 0.266 e. The molecule has 1 aromatic carbocycles. The van der Waals surface area contributed by atoms with Gasteiger partial charge in [0.2, 0.25) is 0 Å². The fraction of sp³-hybridized carbons (Fsp3) is 0.429. The Labute approximate surface area is 112 Å². The van der Waals surface area contributed by atoms with Gasteiger partial charge in [0.1, 0.15) is 0 Å². The first-order valence-electron chi connectivity index (χ1n) is 6.69. The molecule has 0 saturated carbocycles. The van der Waals surface area contributed by atoms with E-state index in [1.54, 1.807) is 0 Å². The second-order valence-corrected chi connectivity index (χ2v) is 5.02. The maximum atomic E-state index is 5.81. The molecule has 1 saturated heterocycles. The highest BCUT2D eigenvalue weighted by Gasteiger charge is 2.17. The van der Waals surface area contributed by atoms with Gasteiger partial charge in [-0.25, -0.2) is 0 Å². The molecule has 5 nitrogen and oxygen atoms in total. The van der Waals surface area contributed by atoms with Gasteiger partial charge in [-0.05, 0) is 55.1 Å². The van der Waals surface area contributed by atoms with E-state index in [4.69, 9.17) is 10.3 Å². The monoisotopic (exact) mass is 258 g/mol. The minimum atomic E-state index is 0.559. The molecule has 0 bridgehead atoms. The molecule has 0 aliphatic carbocycles. The predicted molar refractivity (Wildman–Crippen MR) is 74.9 cm³/mol. The van der Waals surface area contributed by atoms with E-state index in [0.717, 1.165) is 29.9 Å². The van der Waals surface area contributed by atoms with Gasteiger partial charge in [-0.15, -0.1) is 0 Å². The summed E-state index contributed by atoms with van der Waals surface area (Å²) in [5.41, 5.74) is 8.53. The van der Waals surface area contributed by atoms with E-state index in [0.29, 0.717) is 11.8 Å². The van der Waals surface area contributed by atoms with Crippen LogP contribution in [0.2, 0.25) is 0 Å². The lowest BCUT2D eigenvalue weighted by Crippen LogP contribution is -2.30. The number of benzene rings is 1. The van der Waals surface area contributed by atoms with Crippen molar-refractivity contribution < 1.29 is 4.52 Å². The average Bonchev–Trinajstić information content (AvgIpc) is 2.93. The number of anilines is 2. The largest absolute Gasteiger partial charge is 0.399 e. The molecule has 5 heteroatoms. The molecule has 0 amide bonds. The molecule has 0 unspecified atom stereocenters. The Morgan fingerprint density at radius 3 is 2.74 bits per heavy atom. The summed E-state index contributed by atoms with van der Waals surface area (Å²) < 4.78 is 5.36. The first-order chi connectivity index (χ1) is 9.24. The summed E-state index contributed by atoms with van der Waals surface area (Å²) >= 11 is 0. The number of rotatable bonds is 2. The highest BCUT2D eigenvalue weighted by atomic mass is 16.5. The molecule has 2 N–H and O–H groups in total. The Bertz CT molecular complexity index is 573. The van der Waals surface area contributed by atoms with Crippen LogP contribution in [0.15, 0.2) is 22.7 Å². The molecular weight excluding hydrogens is 240 g/mol. The third-order valence-electron chi connectivity index (χ3n) is 3.57. The minimum absolute atomic E-state index is 0.559. The van der Waals surface area contributed by atoms with Crippen LogP contribution >= 0.6 is 0 Å². The average molecular weight is 258 g/mol. The van der Waals surface area contributed by atoms with Crippen molar-refractivity contribution in [1.82, 2.24) is 10.1 Å². The normalized spacial score (nSPS) is 15.7. The fourth-order valence-corrected chi connectivity index (χ4v) is 2.36. The Hall–Kier alpha value is -2.04. The number of aromatic nitrogens is 2. The summed E-state index contributed by atoms with van der Waals surface area (Å²) in [5.74, 6) is 1.26. The zero-order valence-corrected chi connectivity index (χ0v) is 11.1. The number of aryl methyl sites for hydroxylation is 1. The van der Waals surface area contributed by atoms with E-state index in [-0.39, 0.29) is 0 Å². The predicted octanol–water partition coefficient (Wildman–Crippen LogP) is 2.62. The second kappa shape index (κ2) is 4.91. The van der Waals surface area contributed by atoms with Crippen LogP contribution < -0.4 is 10.6 Å². The quantitative estimate of drug-likeness (QED) is 0.839. The van der Waals surface area contributed by atoms with Crippen LogP contribution in [0.5, 0.6) is 0 Å². The summed E-state index contributed by atoms with van der Waals surface area (Å²) in [4.78, 5) is 6.66. The van der Waals surface area contributed by atoms with Crippen molar-refractivity contribution in [3.05, 3.63) is 23.8 Å². The molecule has 3 rings (SSSR count). The Morgan fingerprint density at radius 1 is 1.21 bits per heavy atom. The molecule has 2 heterocycles. The van der Waals surface area contributed by atoms with Gasteiger partial charge in [0.15, 0.2) is 0 Å². The first-order valence-corrected chi connectivity index (χ1v) is 6.69. The van der Waals surface area contributed by atoms with Gasteiger partial charge in [-0.3, -0.25) is 0 Å². The van der Waals surface area contributed by atoms with Crippen LogP contribution in [-0.4, -0.2) is 23.2 Å². The van der Waals surface area contributed by atoms with Crippen LogP contribution in [0.25, 0.3) is 11.5 Å². The lowest BCUT2D eigenvalue weighted by molar-refractivity contribution is 0.426. The van der Waals surface area contributed by atoms with Crippen molar-refractivity contribution in [2.24, 2.45) is 0 Å². The molecule has 0 radical (unpaired) electrons. The van der Waals surface area contributed by atoms with Crippen molar-refractivity contribution in [3.63, 3.8) is 0 Å². The molecule has 0 atom stereocenters. The topological polar surface area (TPSA) is 68.2 Å². The fourth-order valence-electron chi connectivity index (χ4n) is 2.36. The molecule has 0 spiro atoms. The highest BCUT2D eigenvalue weighted by molar-refractivity contribution is 5.61. The number of piperidine rings is 1. The maximum absolute atomic E-state index is 5.81. The summed E-state index contributed by atoms with van der Waals surface area (Å²) in [6.07, 6.45) is 3.69. The molecule has 1 fully saturated rings. The Kier molecular flexibility index (Phi) is 3.11. The summed E-state index contributed by atoms with van der Waals surface area (Å²) in [6, 6.07) is 5.76. The zero-order valence-electron chi connectivity index (χ0n) is 11.1. The van der Waals surface area contributed by atoms with E-state index < -0.39 is 0 Å². The zero-order chi connectivity index (χ0) is 13.2. The van der Waals surface area contributed by atoms with Gasteiger partial charge in [-0.2, -0.15) is 4.98 Å². The SMILES string of the molecule is Cc1cc(-c2nc(N3CCCCC3)no2)ccc1N. The van der Waals surface area contributed by atoms with Crippen LogP contribution in [0.4, 0.5) is 11.6 Å². The Balaban J connectivity index is 1.85. The lowest BCUT2D eigenvalue weighted by Gasteiger charge is -2.24. The van der Waals surface area contributed by atoms with Gasteiger partial charge in [0, 0.05) is 24.3 Å².